The van der Waals surface area contributed by atoms with E-state index in [-0.39, 0.29) is 0 Å². The summed E-state index contributed by atoms with van der Waals surface area (Å²) in [6.45, 7) is 0.996. The van der Waals surface area contributed by atoms with Crippen molar-refractivity contribution in [3.8, 4) is 0 Å². The molecule has 0 saturated carbocycles. The van der Waals surface area contributed by atoms with Crippen LogP contribution in [0.15, 0.2) is 24.3 Å². The Balaban J connectivity index is 2.59. The Labute approximate surface area is 84.2 Å². The number of benzene rings is 1. The summed E-state index contributed by atoms with van der Waals surface area (Å²) in [5.74, 6) is 0.891. The van der Waals surface area contributed by atoms with Crippen LogP contribution in [0, 0.1) is 0 Å². The van der Waals surface area contributed by atoms with Crippen molar-refractivity contribution in [3.05, 3.63) is 35.4 Å². The minimum Gasteiger partial charge on any atom is -0.305 e. The molecular formula is C10H16N2S. The lowest BCUT2D eigenvalue weighted by molar-refractivity contribution is 0.402. The van der Waals surface area contributed by atoms with Crippen molar-refractivity contribution in [3.63, 3.8) is 0 Å². The van der Waals surface area contributed by atoms with Crippen molar-refractivity contribution in [1.29, 1.82) is 0 Å². The van der Waals surface area contributed by atoms with E-state index in [0.29, 0.717) is 0 Å². The molecule has 0 unspecified atom stereocenters. The van der Waals surface area contributed by atoms with Crippen LogP contribution in [0.4, 0.5) is 0 Å². The quantitative estimate of drug-likeness (QED) is 0.745. The summed E-state index contributed by atoms with van der Waals surface area (Å²) in [6, 6.07) is 8.59. The maximum Gasteiger partial charge on any atom is 0.0328 e. The minimum atomic E-state index is 0.891. The first-order valence-electron chi connectivity index (χ1n) is 4.26. The first kappa shape index (κ1) is 10.6. The molecule has 0 radical (unpaired) electrons. The number of hydrogen-bond acceptors (Lipinski definition) is 3. The van der Waals surface area contributed by atoms with Gasteiger partial charge in [0.05, 0.1) is 0 Å². The van der Waals surface area contributed by atoms with Crippen LogP contribution in [0.25, 0.3) is 0 Å². The van der Waals surface area contributed by atoms with Gasteiger partial charge in [0.1, 0.15) is 0 Å². The molecule has 0 fully saturated rings. The number of hydrogen-bond donors (Lipinski definition) is 1. The minimum absolute atomic E-state index is 0.891. The summed E-state index contributed by atoms with van der Waals surface area (Å²) in [4.78, 5) is 2.16. The van der Waals surface area contributed by atoms with E-state index in [9.17, 15) is 0 Å². The van der Waals surface area contributed by atoms with Gasteiger partial charge in [-0.25, -0.2) is 0 Å². The fourth-order valence-corrected chi connectivity index (χ4v) is 1.59. The van der Waals surface area contributed by atoms with Crippen molar-refractivity contribution < 1.29 is 0 Å². The summed E-state index contributed by atoms with van der Waals surface area (Å²) >= 11 is 1.36. The van der Waals surface area contributed by atoms with Gasteiger partial charge >= 0.3 is 0 Å². The molecule has 13 heavy (non-hydrogen) atoms. The van der Waals surface area contributed by atoms with E-state index in [1.54, 1.807) is 0 Å². The van der Waals surface area contributed by atoms with Crippen LogP contribution in [0.1, 0.15) is 11.1 Å². The van der Waals surface area contributed by atoms with Crippen LogP contribution in [0.5, 0.6) is 0 Å². The molecule has 0 spiro atoms. The van der Waals surface area contributed by atoms with E-state index in [2.05, 4.69) is 43.3 Å². The van der Waals surface area contributed by atoms with Gasteiger partial charge in [-0.1, -0.05) is 36.2 Å². The fourth-order valence-electron chi connectivity index (χ4n) is 1.20. The third kappa shape index (κ3) is 3.81. The molecule has 1 aromatic carbocycles. The van der Waals surface area contributed by atoms with Gasteiger partial charge in [0.15, 0.2) is 0 Å². The van der Waals surface area contributed by atoms with Gasteiger partial charge in [-0.3, -0.25) is 5.14 Å². The number of rotatable bonds is 4. The molecule has 1 rings (SSSR count). The van der Waals surface area contributed by atoms with E-state index in [1.807, 2.05) is 0 Å². The highest BCUT2D eigenvalue weighted by atomic mass is 32.2. The Morgan fingerprint density at radius 3 is 2.15 bits per heavy atom. The second-order valence-electron chi connectivity index (χ2n) is 3.37. The van der Waals surface area contributed by atoms with Gasteiger partial charge in [-0.15, -0.1) is 0 Å². The Kier molecular flexibility index (Phi) is 4.28. The molecule has 72 valence electrons. The van der Waals surface area contributed by atoms with Gasteiger partial charge in [-0.2, -0.15) is 0 Å². The number of nitrogens with zero attached hydrogens (tertiary/aromatic N) is 1. The van der Waals surface area contributed by atoms with Crippen LogP contribution >= 0.6 is 11.9 Å². The van der Waals surface area contributed by atoms with Gasteiger partial charge in [0.2, 0.25) is 0 Å². The summed E-state index contributed by atoms with van der Waals surface area (Å²) in [6.07, 6.45) is 0. The highest BCUT2D eigenvalue weighted by molar-refractivity contribution is 7.96. The van der Waals surface area contributed by atoms with Gasteiger partial charge in [-0.05, 0) is 25.2 Å². The van der Waals surface area contributed by atoms with Gasteiger partial charge < -0.3 is 4.90 Å². The van der Waals surface area contributed by atoms with Crippen LogP contribution in [0.2, 0.25) is 0 Å². The molecule has 0 aliphatic heterocycles. The van der Waals surface area contributed by atoms with Crippen LogP contribution in [-0.4, -0.2) is 19.0 Å². The van der Waals surface area contributed by atoms with Crippen molar-refractivity contribution in [2.45, 2.75) is 12.3 Å². The first-order valence-corrected chi connectivity index (χ1v) is 5.31. The summed E-state index contributed by atoms with van der Waals surface area (Å²) in [7, 11) is 4.15. The zero-order valence-corrected chi connectivity index (χ0v) is 8.97. The summed E-state index contributed by atoms with van der Waals surface area (Å²) in [5.41, 5.74) is 2.63. The number of nitrogens with two attached hydrogens (primary N) is 1. The van der Waals surface area contributed by atoms with E-state index < -0.39 is 0 Å². The average Bonchev–Trinajstić information content (AvgIpc) is 2.08. The third-order valence-electron chi connectivity index (χ3n) is 1.77. The highest BCUT2D eigenvalue weighted by Gasteiger charge is 1.95. The molecule has 3 heteroatoms. The summed E-state index contributed by atoms with van der Waals surface area (Å²) in [5, 5.41) is 5.39. The molecule has 0 heterocycles. The normalized spacial score (nSPS) is 10.8. The molecule has 0 aliphatic rings. The molecule has 2 nitrogen and oxygen atoms in total. The Morgan fingerprint density at radius 1 is 1.15 bits per heavy atom. The zero-order valence-electron chi connectivity index (χ0n) is 8.16. The molecule has 0 aromatic heterocycles. The standard InChI is InChI=1S/C10H16N2S/c1-12(2)7-9-3-5-10(6-4-9)8-13-11/h3-6H,7-8,11H2,1-2H3. The zero-order chi connectivity index (χ0) is 9.68. The Hall–Kier alpha value is -0.510. The average molecular weight is 196 g/mol. The monoisotopic (exact) mass is 196 g/mol. The van der Waals surface area contributed by atoms with Crippen LogP contribution in [0.3, 0.4) is 0 Å². The maximum atomic E-state index is 5.39. The fraction of sp³-hybridized carbons (Fsp3) is 0.400. The molecular weight excluding hydrogens is 180 g/mol. The van der Waals surface area contributed by atoms with Crippen molar-refractivity contribution in [2.24, 2.45) is 5.14 Å². The molecule has 0 bridgehead atoms. The van der Waals surface area contributed by atoms with E-state index in [0.717, 1.165) is 12.3 Å². The maximum absolute atomic E-state index is 5.39. The molecule has 0 atom stereocenters. The first-order chi connectivity index (χ1) is 6.22. The molecule has 0 aliphatic carbocycles. The Morgan fingerprint density at radius 2 is 1.69 bits per heavy atom. The van der Waals surface area contributed by atoms with E-state index in [1.165, 1.54) is 23.1 Å². The van der Waals surface area contributed by atoms with Crippen molar-refractivity contribution >= 4 is 11.9 Å². The molecule has 2 N–H and O–H groups in total. The van der Waals surface area contributed by atoms with Crippen LogP contribution in [-0.2, 0) is 12.3 Å². The van der Waals surface area contributed by atoms with Gasteiger partial charge in [0.25, 0.3) is 0 Å². The lowest BCUT2D eigenvalue weighted by Crippen LogP contribution is -2.10. The van der Waals surface area contributed by atoms with E-state index in [4.69, 9.17) is 5.14 Å². The van der Waals surface area contributed by atoms with Crippen molar-refractivity contribution in [1.82, 2.24) is 4.90 Å². The predicted octanol–water partition coefficient (Wildman–Crippen LogP) is 1.86. The second kappa shape index (κ2) is 5.27. The summed E-state index contributed by atoms with van der Waals surface area (Å²) < 4.78 is 0. The smallest absolute Gasteiger partial charge is 0.0328 e. The molecule has 0 saturated heterocycles. The van der Waals surface area contributed by atoms with E-state index >= 15 is 0 Å². The van der Waals surface area contributed by atoms with Gasteiger partial charge in [0, 0.05) is 12.3 Å². The van der Waals surface area contributed by atoms with Crippen LogP contribution < -0.4 is 5.14 Å². The topological polar surface area (TPSA) is 29.3 Å². The molecule has 1 aromatic rings. The lowest BCUT2D eigenvalue weighted by atomic mass is 10.1. The second-order valence-corrected chi connectivity index (χ2v) is 3.99. The molecule has 0 amide bonds. The third-order valence-corrected chi connectivity index (χ3v) is 2.27. The highest BCUT2D eigenvalue weighted by Crippen LogP contribution is 2.09. The largest absolute Gasteiger partial charge is 0.305 e. The van der Waals surface area contributed by atoms with Crippen molar-refractivity contribution in [2.75, 3.05) is 14.1 Å². The SMILES string of the molecule is CN(C)Cc1ccc(CSN)cc1. The predicted molar refractivity (Wildman–Crippen MR) is 59.3 cm³/mol. The Bertz CT molecular complexity index is 244. The lowest BCUT2D eigenvalue weighted by Gasteiger charge is -2.09.